The minimum absolute atomic E-state index is 0.0160. The molecule has 2 rings (SSSR count). The number of aromatic nitrogens is 3. The molecule has 110 valence electrons. The van der Waals surface area contributed by atoms with Gasteiger partial charge in [-0.1, -0.05) is 30.0 Å². The number of carbonyl (C=O) groups excluding carboxylic acids is 1. The summed E-state index contributed by atoms with van der Waals surface area (Å²) >= 11 is 2.91. The van der Waals surface area contributed by atoms with Gasteiger partial charge in [-0.3, -0.25) is 9.89 Å². The van der Waals surface area contributed by atoms with E-state index in [9.17, 15) is 4.79 Å². The van der Waals surface area contributed by atoms with Crippen molar-refractivity contribution in [3.05, 3.63) is 42.8 Å². The first-order valence-electron chi connectivity index (χ1n) is 6.33. The Balaban J connectivity index is 1.91. The summed E-state index contributed by atoms with van der Waals surface area (Å²) in [5.41, 5.74) is 0. The lowest BCUT2D eigenvalue weighted by Crippen LogP contribution is -2.32. The number of nitrogens with zero attached hydrogens (tertiary/aromatic N) is 3. The summed E-state index contributed by atoms with van der Waals surface area (Å²) in [6.45, 7) is 8.33. The van der Waals surface area contributed by atoms with Crippen molar-refractivity contribution in [3.63, 3.8) is 0 Å². The van der Waals surface area contributed by atoms with Gasteiger partial charge in [0, 0.05) is 13.1 Å². The molecule has 0 aliphatic rings. The normalized spacial score (nSPS) is 10.3. The molecule has 0 unspecified atom stereocenters. The quantitative estimate of drug-likeness (QED) is 0.600. The van der Waals surface area contributed by atoms with E-state index in [2.05, 4.69) is 28.3 Å². The van der Waals surface area contributed by atoms with Crippen molar-refractivity contribution in [2.24, 2.45) is 0 Å². The molecule has 0 aliphatic carbocycles. The maximum Gasteiger partial charge on any atom is 0.233 e. The third kappa shape index (κ3) is 4.30. The Kier molecular flexibility index (Phi) is 5.77. The van der Waals surface area contributed by atoms with Crippen LogP contribution in [-0.2, 0) is 4.79 Å². The van der Waals surface area contributed by atoms with Crippen molar-refractivity contribution in [2.45, 2.75) is 5.16 Å². The maximum absolute atomic E-state index is 12.1. The molecule has 7 heteroatoms. The number of nitrogens with one attached hydrogen (secondary N) is 1. The standard InChI is InChI=1S/C14H16N4OS2/c1-3-7-18(8-4-2)12(19)10-21-14-15-13(16-17-14)11-6-5-9-20-11/h3-6,9H,1-2,7-8,10H2,(H,15,16,17). The summed E-state index contributed by atoms with van der Waals surface area (Å²) < 4.78 is 0. The largest absolute Gasteiger partial charge is 0.335 e. The van der Waals surface area contributed by atoms with E-state index in [0.717, 1.165) is 10.7 Å². The van der Waals surface area contributed by atoms with Crippen LogP contribution in [0.15, 0.2) is 48.0 Å². The van der Waals surface area contributed by atoms with Gasteiger partial charge in [-0.2, -0.15) is 0 Å². The van der Waals surface area contributed by atoms with Crippen LogP contribution in [0.1, 0.15) is 0 Å². The lowest BCUT2D eigenvalue weighted by molar-refractivity contribution is -0.127. The van der Waals surface area contributed by atoms with Crippen LogP contribution in [0.25, 0.3) is 10.7 Å². The van der Waals surface area contributed by atoms with Gasteiger partial charge in [0.05, 0.1) is 10.6 Å². The van der Waals surface area contributed by atoms with Crippen LogP contribution < -0.4 is 0 Å². The Hall–Kier alpha value is -1.86. The Morgan fingerprint density at radius 1 is 1.43 bits per heavy atom. The highest BCUT2D eigenvalue weighted by Crippen LogP contribution is 2.23. The average molecular weight is 320 g/mol. The Morgan fingerprint density at radius 2 is 2.19 bits per heavy atom. The molecule has 0 bridgehead atoms. The van der Waals surface area contributed by atoms with Crippen LogP contribution in [-0.4, -0.2) is 44.8 Å². The molecule has 2 aromatic heterocycles. The molecule has 0 aromatic carbocycles. The van der Waals surface area contributed by atoms with Gasteiger partial charge >= 0.3 is 0 Å². The number of hydrogen-bond acceptors (Lipinski definition) is 5. The van der Waals surface area contributed by atoms with Gasteiger partial charge in [0.2, 0.25) is 11.1 Å². The minimum atomic E-state index is 0.0160. The van der Waals surface area contributed by atoms with Gasteiger partial charge in [-0.15, -0.1) is 29.6 Å². The second-order valence-electron chi connectivity index (χ2n) is 4.11. The number of amides is 1. The van der Waals surface area contributed by atoms with E-state index in [-0.39, 0.29) is 5.91 Å². The molecule has 0 fully saturated rings. The number of thioether (sulfide) groups is 1. The first-order chi connectivity index (χ1) is 10.2. The molecule has 21 heavy (non-hydrogen) atoms. The highest BCUT2D eigenvalue weighted by molar-refractivity contribution is 7.99. The number of H-pyrrole nitrogens is 1. The van der Waals surface area contributed by atoms with E-state index < -0.39 is 0 Å². The first kappa shape index (κ1) is 15.5. The molecule has 0 aliphatic heterocycles. The summed E-state index contributed by atoms with van der Waals surface area (Å²) in [5, 5.41) is 9.56. The van der Waals surface area contributed by atoms with Gasteiger partial charge in [-0.25, -0.2) is 4.98 Å². The minimum Gasteiger partial charge on any atom is -0.335 e. The van der Waals surface area contributed by atoms with Crippen LogP contribution >= 0.6 is 23.1 Å². The fourth-order valence-corrected chi connectivity index (χ4v) is 3.01. The van der Waals surface area contributed by atoms with E-state index >= 15 is 0 Å². The van der Waals surface area contributed by atoms with E-state index in [1.807, 2.05) is 17.5 Å². The van der Waals surface area contributed by atoms with E-state index in [0.29, 0.717) is 24.0 Å². The Labute approximate surface area is 131 Å². The van der Waals surface area contributed by atoms with Crippen LogP contribution in [0.3, 0.4) is 0 Å². The molecule has 2 aromatic rings. The van der Waals surface area contributed by atoms with Crippen molar-refractivity contribution >= 4 is 29.0 Å². The monoisotopic (exact) mass is 320 g/mol. The smallest absolute Gasteiger partial charge is 0.233 e. The zero-order valence-electron chi connectivity index (χ0n) is 11.5. The maximum atomic E-state index is 12.1. The lowest BCUT2D eigenvalue weighted by Gasteiger charge is -2.18. The molecule has 0 saturated heterocycles. The van der Waals surface area contributed by atoms with Crippen LogP contribution in [0.5, 0.6) is 0 Å². The van der Waals surface area contributed by atoms with Crippen LogP contribution in [0.4, 0.5) is 0 Å². The van der Waals surface area contributed by atoms with Crippen LogP contribution in [0, 0.1) is 0 Å². The summed E-state index contributed by atoms with van der Waals surface area (Å²) in [7, 11) is 0. The second kappa shape index (κ2) is 7.80. The topological polar surface area (TPSA) is 61.9 Å². The van der Waals surface area contributed by atoms with Gasteiger partial charge in [0.15, 0.2) is 5.82 Å². The summed E-state index contributed by atoms with van der Waals surface area (Å²) in [6, 6.07) is 3.93. The molecular weight excluding hydrogens is 304 g/mol. The molecule has 2 heterocycles. The van der Waals surface area contributed by atoms with E-state index in [1.54, 1.807) is 28.4 Å². The predicted octanol–water partition coefficient (Wildman–Crippen LogP) is 2.83. The van der Waals surface area contributed by atoms with Gasteiger partial charge < -0.3 is 4.90 Å². The van der Waals surface area contributed by atoms with Crippen LogP contribution in [0.2, 0.25) is 0 Å². The highest BCUT2D eigenvalue weighted by Gasteiger charge is 2.13. The molecule has 0 radical (unpaired) electrons. The molecule has 5 nitrogen and oxygen atoms in total. The van der Waals surface area contributed by atoms with Crippen molar-refractivity contribution in [3.8, 4) is 10.7 Å². The van der Waals surface area contributed by atoms with E-state index in [4.69, 9.17) is 0 Å². The van der Waals surface area contributed by atoms with Gasteiger partial charge in [0.25, 0.3) is 0 Å². The zero-order chi connectivity index (χ0) is 15.1. The fraction of sp³-hybridized carbons (Fsp3) is 0.214. The third-order valence-corrected chi connectivity index (χ3v) is 4.30. The number of hydrogen-bond donors (Lipinski definition) is 1. The summed E-state index contributed by atoms with van der Waals surface area (Å²) in [5.74, 6) is 1.04. The van der Waals surface area contributed by atoms with Gasteiger partial charge in [0.1, 0.15) is 0 Å². The average Bonchev–Trinajstić information content (AvgIpc) is 3.15. The number of aromatic amines is 1. The van der Waals surface area contributed by atoms with Crippen molar-refractivity contribution in [2.75, 3.05) is 18.8 Å². The number of rotatable bonds is 8. The number of carbonyl (C=O) groups is 1. The lowest BCUT2D eigenvalue weighted by atomic mass is 10.4. The van der Waals surface area contributed by atoms with Crippen molar-refractivity contribution in [1.29, 1.82) is 0 Å². The highest BCUT2D eigenvalue weighted by atomic mass is 32.2. The molecule has 0 saturated carbocycles. The third-order valence-electron chi connectivity index (χ3n) is 2.60. The molecule has 0 atom stereocenters. The molecule has 1 N–H and O–H groups in total. The van der Waals surface area contributed by atoms with Crippen molar-refractivity contribution in [1.82, 2.24) is 20.1 Å². The summed E-state index contributed by atoms with van der Waals surface area (Å²) in [6.07, 6.45) is 3.40. The predicted molar refractivity (Wildman–Crippen MR) is 87.4 cm³/mol. The summed E-state index contributed by atoms with van der Waals surface area (Å²) in [4.78, 5) is 19.2. The fourth-order valence-electron chi connectivity index (χ4n) is 1.64. The van der Waals surface area contributed by atoms with Crippen molar-refractivity contribution < 1.29 is 4.79 Å². The number of thiophene rings is 1. The molecular formula is C14H16N4OS2. The SMILES string of the molecule is C=CCN(CC=C)C(=O)CSc1n[nH]c(-c2cccs2)n1. The van der Waals surface area contributed by atoms with Gasteiger partial charge in [-0.05, 0) is 11.4 Å². The zero-order valence-corrected chi connectivity index (χ0v) is 13.1. The second-order valence-corrected chi connectivity index (χ2v) is 6.00. The Morgan fingerprint density at radius 3 is 2.81 bits per heavy atom. The molecule has 0 spiro atoms. The molecule has 1 amide bonds. The Bertz CT molecular complexity index is 596. The van der Waals surface area contributed by atoms with E-state index in [1.165, 1.54) is 11.8 Å². The first-order valence-corrected chi connectivity index (χ1v) is 8.19.